The van der Waals surface area contributed by atoms with E-state index in [-0.39, 0.29) is 17.0 Å². The molecular weight excluding hydrogens is 451 g/mol. The van der Waals surface area contributed by atoms with Gasteiger partial charge in [0.05, 0.1) is 18.5 Å². The largest absolute Gasteiger partial charge is 0.497 e. The highest BCUT2D eigenvalue weighted by Gasteiger charge is 2.42. The van der Waals surface area contributed by atoms with Crippen LogP contribution in [0.3, 0.4) is 0 Å². The maximum Gasteiger partial charge on any atom is 0.444 e. The molecule has 5 nitrogen and oxygen atoms in total. The van der Waals surface area contributed by atoms with E-state index in [2.05, 4.69) is 15.0 Å². The molecule has 1 heterocycles. The minimum absolute atomic E-state index is 0.0965. The van der Waals surface area contributed by atoms with E-state index in [1.807, 2.05) is 18.2 Å². The molecule has 1 aromatic heterocycles. The van der Waals surface area contributed by atoms with Crippen LogP contribution < -0.4 is 14.8 Å². The Labute approximate surface area is 185 Å². The molecule has 0 aliphatic rings. The molecule has 0 amide bonds. The van der Waals surface area contributed by atoms with Crippen LogP contribution in [0.2, 0.25) is 0 Å². The van der Waals surface area contributed by atoms with Crippen molar-refractivity contribution in [2.75, 3.05) is 12.4 Å². The summed E-state index contributed by atoms with van der Waals surface area (Å²) in [6, 6.07) is 15.0. The van der Waals surface area contributed by atoms with Crippen LogP contribution in [0.5, 0.6) is 11.5 Å². The number of thiazole rings is 1. The average Bonchev–Trinajstić information content (AvgIpc) is 3.25. The fraction of sp³-hybridized carbons (Fsp3) is 0.143. The van der Waals surface area contributed by atoms with Gasteiger partial charge in [0.2, 0.25) is 0 Å². The predicted molar refractivity (Wildman–Crippen MR) is 114 cm³/mol. The van der Waals surface area contributed by atoms with Gasteiger partial charge < -0.3 is 14.8 Å². The van der Waals surface area contributed by atoms with Gasteiger partial charge in [0.1, 0.15) is 28.1 Å². The third-order valence-corrected chi connectivity index (χ3v) is 5.13. The Bertz CT molecular complexity index is 1110. The van der Waals surface area contributed by atoms with Crippen LogP contribution in [-0.4, -0.2) is 23.8 Å². The molecule has 0 saturated heterocycles. The standard InChI is InChI=1S/C21H15ClF3N3O2S/c1-29-15-8-6-13(7-9-15)17-12-31-19(28-17)14(10-26)11-27-16-4-2-3-5-18(16)30-21(24,25)20(22)23/h2-9,11-12,20,27H,1H3/b14-11+/t20-/m1/s1. The van der Waals surface area contributed by atoms with Gasteiger partial charge in [0, 0.05) is 17.1 Å². The fourth-order valence-electron chi connectivity index (χ4n) is 2.45. The van der Waals surface area contributed by atoms with Crippen LogP contribution in [0.4, 0.5) is 18.9 Å². The molecule has 160 valence electrons. The summed E-state index contributed by atoms with van der Waals surface area (Å²) in [4.78, 5) is 4.45. The number of para-hydroxylation sites is 2. The molecule has 1 atom stereocenters. The van der Waals surface area contributed by atoms with E-state index < -0.39 is 11.7 Å². The van der Waals surface area contributed by atoms with Gasteiger partial charge in [-0.25, -0.2) is 9.37 Å². The summed E-state index contributed by atoms with van der Waals surface area (Å²) in [5.41, 5.74) is -1.23. The van der Waals surface area contributed by atoms with Crippen LogP contribution in [-0.2, 0) is 0 Å². The van der Waals surface area contributed by atoms with Crippen molar-refractivity contribution in [1.82, 2.24) is 4.98 Å². The topological polar surface area (TPSA) is 67.2 Å². The molecule has 1 N–H and O–H groups in total. The smallest absolute Gasteiger partial charge is 0.444 e. The van der Waals surface area contributed by atoms with Crippen molar-refractivity contribution in [3.05, 3.63) is 65.1 Å². The van der Waals surface area contributed by atoms with Crippen molar-refractivity contribution < 1.29 is 22.6 Å². The summed E-state index contributed by atoms with van der Waals surface area (Å²) in [6.45, 7) is 0. The van der Waals surface area contributed by atoms with Crippen LogP contribution >= 0.6 is 22.9 Å². The number of anilines is 1. The minimum Gasteiger partial charge on any atom is -0.497 e. The molecule has 2 aromatic carbocycles. The third kappa shape index (κ3) is 5.48. The molecule has 0 bridgehead atoms. The molecule has 3 rings (SSSR count). The molecule has 0 saturated carbocycles. The third-order valence-electron chi connectivity index (χ3n) is 4.00. The first-order valence-electron chi connectivity index (χ1n) is 8.75. The summed E-state index contributed by atoms with van der Waals surface area (Å²) in [6.07, 6.45) is -2.91. The van der Waals surface area contributed by atoms with E-state index in [9.17, 15) is 18.4 Å². The Morgan fingerprint density at radius 3 is 2.61 bits per heavy atom. The number of aromatic nitrogens is 1. The van der Waals surface area contributed by atoms with Crippen molar-refractivity contribution in [3.8, 4) is 28.8 Å². The lowest BCUT2D eigenvalue weighted by atomic mass is 10.2. The number of hydrogen-bond acceptors (Lipinski definition) is 6. The summed E-state index contributed by atoms with van der Waals surface area (Å²) < 4.78 is 49.4. The molecule has 0 fully saturated rings. The van der Waals surface area contributed by atoms with Crippen LogP contribution in [0, 0.1) is 11.3 Å². The van der Waals surface area contributed by atoms with E-state index in [1.54, 1.807) is 30.7 Å². The first-order chi connectivity index (χ1) is 14.8. The van der Waals surface area contributed by atoms with Gasteiger partial charge in [0.15, 0.2) is 0 Å². The molecule has 3 aromatic rings. The molecule has 0 aliphatic heterocycles. The second-order valence-corrected chi connectivity index (χ2v) is 7.28. The molecule has 10 heteroatoms. The van der Waals surface area contributed by atoms with Crippen molar-refractivity contribution in [2.45, 2.75) is 11.7 Å². The maximum atomic E-state index is 13.5. The summed E-state index contributed by atoms with van der Waals surface area (Å²) in [7, 11) is 1.57. The van der Waals surface area contributed by atoms with Gasteiger partial charge in [-0.1, -0.05) is 23.7 Å². The number of halogens is 4. The number of nitrogens with zero attached hydrogens (tertiary/aromatic N) is 2. The Morgan fingerprint density at radius 2 is 1.97 bits per heavy atom. The Hall–Kier alpha value is -3.22. The highest BCUT2D eigenvalue weighted by molar-refractivity contribution is 7.11. The number of hydrogen-bond donors (Lipinski definition) is 1. The zero-order chi connectivity index (χ0) is 22.4. The highest BCUT2D eigenvalue weighted by Crippen LogP contribution is 2.34. The lowest BCUT2D eigenvalue weighted by molar-refractivity contribution is -0.198. The predicted octanol–water partition coefficient (Wildman–Crippen LogP) is 6.30. The van der Waals surface area contributed by atoms with E-state index in [0.29, 0.717) is 16.5 Å². The summed E-state index contributed by atoms with van der Waals surface area (Å²) in [5.74, 6) is 0.378. The van der Waals surface area contributed by atoms with E-state index >= 15 is 0 Å². The number of ether oxygens (including phenoxy) is 2. The quantitative estimate of drug-likeness (QED) is 0.312. The molecule has 0 aliphatic carbocycles. The second-order valence-electron chi connectivity index (χ2n) is 6.04. The highest BCUT2D eigenvalue weighted by atomic mass is 35.5. The van der Waals surface area contributed by atoms with Gasteiger partial charge in [-0.05, 0) is 36.4 Å². The van der Waals surface area contributed by atoms with Crippen molar-refractivity contribution >= 4 is 34.2 Å². The Morgan fingerprint density at radius 1 is 1.26 bits per heavy atom. The minimum atomic E-state index is -4.22. The van der Waals surface area contributed by atoms with Gasteiger partial charge in [-0.2, -0.15) is 14.0 Å². The summed E-state index contributed by atoms with van der Waals surface area (Å²) in [5, 5.41) is 14.5. The van der Waals surface area contributed by atoms with Crippen molar-refractivity contribution in [3.63, 3.8) is 0 Å². The normalized spacial score (nSPS) is 12.7. The monoisotopic (exact) mass is 465 g/mol. The molecule has 0 unspecified atom stereocenters. The molecular formula is C21H15ClF3N3O2S. The number of benzene rings is 2. The first-order valence-corrected chi connectivity index (χ1v) is 10.1. The molecule has 31 heavy (non-hydrogen) atoms. The van der Waals surface area contributed by atoms with Gasteiger partial charge in [0.25, 0.3) is 5.63 Å². The SMILES string of the molecule is COc1ccc(-c2csc(/C(C#N)=C/Nc3ccccc3OC(F)(F)[C@@H](F)Cl)n2)cc1. The fourth-order valence-corrected chi connectivity index (χ4v) is 3.29. The number of rotatable bonds is 8. The zero-order valence-electron chi connectivity index (χ0n) is 16.0. The van der Waals surface area contributed by atoms with Gasteiger partial charge >= 0.3 is 6.11 Å². The van der Waals surface area contributed by atoms with E-state index in [0.717, 1.165) is 5.56 Å². The first kappa shape index (κ1) is 22.5. The van der Waals surface area contributed by atoms with Crippen LogP contribution in [0.1, 0.15) is 5.01 Å². The second kappa shape index (κ2) is 9.73. The van der Waals surface area contributed by atoms with Crippen molar-refractivity contribution in [1.29, 1.82) is 5.26 Å². The zero-order valence-corrected chi connectivity index (χ0v) is 17.6. The van der Waals surface area contributed by atoms with Gasteiger partial charge in [-0.3, -0.25) is 0 Å². The lowest BCUT2D eigenvalue weighted by Crippen LogP contribution is -2.33. The average molecular weight is 466 g/mol. The van der Waals surface area contributed by atoms with Gasteiger partial charge in [-0.15, -0.1) is 11.3 Å². The number of nitrogens with one attached hydrogen (secondary N) is 1. The number of allylic oxidation sites excluding steroid dienone is 1. The number of alkyl halides is 4. The van der Waals surface area contributed by atoms with Crippen LogP contribution in [0.15, 0.2) is 60.1 Å². The van der Waals surface area contributed by atoms with Crippen LogP contribution in [0.25, 0.3) is 16.8 Å². The summed E-state index contributed by atoms with van der Waals surface area (Å²) >= 11 is 6.09. The maximum absolute atomic E-state index is 13.5. The Balaban J connectivity index is 1.81. The number of nitriles is 1. The van der Waals surface area contributed by atoms with E-state index in [1.165, 1.54) is 35.7 Å². The van der Waals surface area contributed by atoms with Crippen molar-refractivity contribution in [2.24, 2.45) is 0 Å². The Kier molecular flexibility index (Phi) is 7.05. The molecule has 0 spiro atoms. The number of methoxy groups -OCH3 is 1. The molecule has 0 radical (unpaired) electrons. The lowest BCUT2D eigenvalue weighted by Gasteiger charge is -2.19. The van der Waals surface area contributed by atoms with E-state index in [4.69, 9.17) is 16.3 Å².